The van der Waals surface area contributed by atoms with Crippen LogP contribution in [0, 0.1) is 0 Å². The number of hydrogen-bond donors (Lipinski definition) is 0. The van der Waals surface area contributed by atoms with Crippen LogP contribution in [0.15, 0.2) is 142 Å². The van der Waals surface area contributed by atoms with Crippen molar-refractivity contribution in [1.29, 1.82) is 0 Å². The summed E-state index contributed by atoms with van der Waals surface area (Å²) in [6.45, 7) is 0. The smallest absolute Gasteiger partial charge is 0.180 e. The number of para-hydroxylation sites is 2. The van der Waals surface area contributed by atoms with Crippen molar-refractivity contribution >= 4 is 44.0 Å². The molecule has 50 heavy (non-hydrogen) atoms. The first-order valence-electron chi connectivity index (χ1n) is 17.7. The predicted octanol–water partition coefficient (Wildman–Crippen LogP) is 12.5. The van der Waals surface area contributed by atoms with Gasteiger partial charge in [0.05, 0.1) is 0 Å². The van der Waals surface area contributed by atoms with Gasteiger partial charge in [-0.1, -0.05) is 128 Å². The first-order chi connectivity index (χ1) is 24.8. The molecule has 1 spiro atoms. The Morgan fingerprint density at radius 1 is 0.480 bits per heavy atom. The third-order valence-electron chi connectivity index (χ3n) is 11.3. The Hall–Kier alpha value is -6.00. The molecule has 1 saturated carbocycles. The molecule has 238 valence electrons. The number of nitrogens with zero attached hydrogens (tertiary/aromatic N) is 2. The first kappa shape index (κ1) is 27.9. The van der Waals surface area contributed by atoms with Gasteiger partial charge in [0.1, 0.15) is 28.0 Å². The van der Waals surface area contributed by atoms with E-state index in [1.165, 1.54) is 59.9 Å². The summed E-state index contributed by atoms with van der Waals surface area (Å²) in [6, 6.07) is 47.3. The molecule has 3 aromatic heterocycles. The minimum atomic E-state index is 0.106. The number of fused-ring (bicyclic) bond motifs is 11. The summed E-state index contributed by atoms with van der Waals surface area (Å²) in [5, 5.41) is 3.17. The van der Waals surface area contributed by atoms with Crippen LogP contribution in [0.2, 0.25) is 0 Å². The van der Waals surface area contributed by atoms with Crippen molar-refractivity contribution in [2.24, 2.45) is 0 Å². The molecule has 0 atom stereocenters. The van der Waals surface area contributed by atoms with E-state index in [1.807, 2.05) is 48.5 Å². The quantitative estimate of drug-likeness (QED) is 0.192. The highest BCUT2D eigenvalue weighted by Gasteiger charge is 2.44. The lowest BCUT2D eigenvalue weighted by molar-refractivity contribution is 0.353. The monoisotopic (exact) mass is 644 g/mol. The van der Waals surface area contributed by atoms with E-state index in [4.69, 9.17) is 18.8 Å². The molecule has 9 aromatic rings. The van der Waals surface area contributed by atoms with Gasteiger partial charge in [-0.15, -0.1) is 0 Å². The van der Waals surface area contributed by atoms with Gasteiger partial charge in [-0.2, -0.15) is 0 Å². The Labute approximate surface area is 289 Å². The Kier molecular flexibility index (Phi) is 5.86. The highest BCUT2D eigenvalue weighted by atomic mass is 16.3. The van der Waals surface area contributed by atoms with E-state index in [0.29, 0.717) is 11.4 Å². The minimum absolute atomic E-state index is 0.106. The molecule has 11 rings (SSSR count). The lowest BCUT2D eigenvalue weighted by atomic mass is 9.68. The number of aromatic nitrogens is 2. The Morgan fingerprint density at radius 3 is 2.12 bits per heavy atom. The van der Waals surface area contributed by atoms with Crippen molar-refractivity contribution in [3.05, 3.63) is 145 Å². The average Bonchev–Trinajstić information content (AvgIpc) is 3.83. The summed E-state index contributed by atoms with van der Waals surface area (Å²) in [6.07, 6.45) is 6.30. The van der Waals surface area contributed by atoms with E-state index in [2.05, 4.69) is 84.9 Å². The van der Waals surface area contributed by atoms with Crippen molar-refractivity contribution in [3.8, 4) is 44.9 Å². The Bertz CT molecular complexity index is 2800. The molecule has 0 aliphatic heterocycles. The fourth-order valence-electron chi connectivity index (χ4n) is 9.08. The van der Waals surface area contributed by atoms with Crippen molar-refractivity contribution in [1.82, 2.24) is 9.97 Å². The highest BCUT2D eigenvalue weighted by molar-refractivity contribution is 6.13. The second kappa shape index (κ2) is 10.5. The standard InChI is InChI=1S/C46H32N2O2/c1-3-13-28(14-4-1)45-47-41(44-42(48-45)35-16-6-8-22-38(35)49-44)29-23-24-30-32-18-11-19-33(43(32)50-39(30)27-29)31-17-12-21-37-40(31)34-15-5-7-20-36(34)46(37)25-9-2-10-26-46/h1,3-8,11-24,27H,2,9-10,25-26H2. The molecule has 0 amide bonds. The molecular weight excluding hydrogens is 613 g/mol. The van der Waals surface area contributed by atoms with Gasteiger partial charge in [-0.25, -0.2) is 9.97 Å². The summed E-state index contributed by atoms with van der Waals surface area (Å²) < 4.78 is 13.3. The summed E-state index contributed by atoms with van der Waals surface area (Å²) in [5.74, 6) is 0.667. The molecule has 0 unspecified atom stereocenters. The maximum absolute atomic E-state index is 6.90. The topological polar surface area (TPSA) is 52.1 Å². The van der Waals surface area contributed by atoms with Crippen LogP contribution in [0.3, 0.4) is 0 Å². The van der Waals surface area contributed by atoms with Crippen LogP contribution in [0.5, 0.6) is 0 Å². The lowest BCUT2D eigenvalue weighted by Gasteiger charge is -2.36. The third-order valence-corrected chi connectivity index (χ3v) is 11.3. The van der Waals surface area contributed by atoms with Gasteiger partial charge in [-0.05, 0) is 64.9 Å². The minimum Gasteiger partial charge on any atom is -0.455 e. The van der Waals surface area contributed by atoms with Gasteiger partial charge in [0.2, 0.25) is 0 Å². The van der Waals surface area contributed by atoms with Gasteiger partial charge in [0.15, 0.2) is 11.4 Å². The molecule has 0 radical (unpaired) electrons. The van der Waals surface area contributed by atoms with Gasteiger partial charge in [-0.3, -0.25) is 0 Å². The maximum atomic E-state index is 6.90. The van der Waals surface area contributed by atoms with Gasteiger partial charge in [0, 0.05) is 38.3 Å². The van der Waals surface area contributed by atoms with Gasteiger partial charge in [0.25, 0.3) is 0 Å². The fraction of sp³-hybridized carbons (Fsp3) is 0.130. The summed E-state index contributed by atoms with van der Waals surface area (Å²) in [7, 11) is 0. The van der Waals surface area contributed by atoms with Crippen molar-refractivity contribution < 1.29 is 8.83 Å². The maximum Gasteiger partial charge on any atom is 0.180 e. The molecular formula is C46H32N2O2. The lowest BCUT2D eigenvalue weighted by Crippen LogP contribution is -2.27. The molecule has 0 bridgehead atoms. The summed E-state index contributed by atoms with van der Waals surface area (Å²) in [4.78, 5) is 10.1. The molecule has 3 heterocycles. The molecule has 1 fully saturated rings. The van der Waals surface area contributed by atoms with Crippen molar-refractivity contribution in [2.75, 3.05) is 0 Å². The van der Waals surface area contributed by atoms with E-state index in [0.717, 1.165) is 60.8 Å². The molecule has 4 nitrogen and oxygen atoms in total. The summed E-state index contributed by atoms with van der Waals surface area (Å²) in [5.41, 5.74) is 14.9. The molecule has 0 N–H and O–H groups in total. The SMILES string of the molecule is c1ccc(-c2nc(-c3ccc4c(c3)oc3c(-c5cccc6c5-c5ccccc5C65CCCCC5)cccc34)c3oc4ccccc4c3n2)cc1. The van der Waals surface area contributed by atoms with Crippen LogP contribution in [0.4, 0.5) is 0 Å². The molecule has 6 aromatic carbocycles. The molecule has 2 aliphatic carbocycles. The van der Waals surface area contributed by atoms with Gasteiger partial charge < -0.3 is 8.83 Å². The zero-order valence-corrected chi connectivity index (χ0v) is 27.4. The number of benzene rings is 6. The van der Waals surface area contributed by atoms with E-state index in [-0.39, 0.29) is 5.41 Å². The average molecular weight is 645 g/mol. The van der Waals surface area contributed by atoms with Crippen molar-refractivity contribution in [2.45, 2.75) is 37.5 Å². The fourth-order valence-corrected chi connectivity index (χ4v) is 9.08. The highest BCUT2D eigenvalue weighted by Crippen LogP contribution is 2.58. The zero-order chi connectivity index (χ0) is 32.8. The Balaban J connectivity index is 1.12. The number of hydrogen-bond acceptors (Lipinski definition) is 4. The number of rotatable bonds is 3. The third kappa shape index (κ3) is 3.87. The van der Waals surface area contributed by atoms with Crippen molar-refractivity contribution in [3.63, 3.8) is 0 Å². The molecule has 2 aliphatic rings. The van der Waals surface area contributed by atoms with Gasteiger partial charge >= 0.3 is 0 Å². The number of furan rings is 2. The largest absolute Gasteiger partial charge is 0.455 e. The molecule has 4 heteroatoms. The van der Waals surface area contributed by atoms with Crippen LogP contribution < -0.4 is 0 Å². The van der Waals surface area contributed by atoms with E-state index >= 15 is 0 Å². The first-order valence-corrected chi connectivity index (χ1v) is 17.7. The summed E-state index contributed by atoms with van der Waals surface area (Å²) >= 11 is 0. The van der Waals surface area contributed by atoms with Crippen LogP contribution >= 0.6 is 0 Å². The van der Waals surface area contributed by atoms with Crippen LogP contribution in [-0.4, -0.2) is 9.97 Å². The van der Waals surface area contributed by atoms with Crippen LogP contribution in [0.25, 0.3) is 88.9 Å². The van der Waals surface area contributed by atoms with E-state index in [9.17, 15) is 0 Å². The van der Waals surface area contributed by atoms with E-state index in [1.54, 1.807) is 0 Å². The molecule has 0 saturated heterocycles. The predicted molar refractivity (Wildman–Crippen MR) is 202 cm³/mol. The van der Waals surface area contributed by atoms with Crippen LogP contribution in [-0.2, 0) is 5.41 Å². The van der Waals surface area contributed by atoms with Crippen LogP contribution in [0.1, 0.15) is 43.2 Å². The normalized spacial score (nSPS) is 15.0. The zero-order valence-electron chi connectivity index (χ0n) is 27.4. The van der Waals surface area contributed by atoms with E-state index < -0.39 is 0 Å². The second-order valence-corrected chi connectivity index (χ2v) is 13.9. The Morgan fingerprint density at radius 2 is 1.20 bits per heavy atom. The second-order valence-electron chi connectivity index (χ2n) is 13.9.